The first-order chi connectivity index (χ1) is 16.5. The fourth-order valence-corrected chi connectivity index (χ4v) is 4.84. The number of carbonyl (C=O) groups excluding carboxylic acids is 2. The topological polar surface area (TPSA) is 73.4 Å². The maximum Gasteiger partial charge on any atom is 0.295 e. The molecule has 7 heteroatoms. The largest absolute Gasteiger partial charge is 0.507 e. The molecule has 170 valence electrons. The highest BCUT2D eigenvalue weighted by Crippen LogP contribution is 2.42. The molecule has 1 unspecified atom stereocenters. The quantitative estimate of drug-likeness (QED) is 0.200. The van der Waals surface area contributed by atoms with Gasteiger partial charge in [-0.1, -0.05) is 59.6 Å². The van der Waals surface area contributed by atoms with Crippen molar-refractivity contribution in [2.24, 2.45) is 0 Å². The number of fused-ring (bicyclic) bond motifs is 1. The fourth-order valence-electron chi connectivity index (χ4n) is 4.47. The van der Waals surface area contributed by atoms with Crippen LogP contribution in [0.3, 0.4) is 0 Å². The van der Waals surface area contributed by atoms with E-state index in [1.54, 1.807) is 48.5 Å². The summed E-state index contributed by atoms with van der Waals surface area (Å²) in [4.78, 5) is 31.1. The van der Waals surface area contributed by atoms with Crippen LogP contribution in [0, 0.1) is 0 Å². The predicted octanol–water partition coefficient (Wildman–Crippen LogP) is 6.14. The van der Waals surface area contributed by atoms with Gasteiger partial charge in [-0.3, -0.25) is 9.59 Å². The molecule has 5 nitrogen and oxygen atoms in total. The molecule has 1 fully saturated rings. The van der Waals surface area contributed by atoms with Gasteiger partial charge < -0.3 is 15.0 Å². The van der Waals surface area contributed by atoms with E-state index in [1.165, 1.54) is 4.90 Å². The van der Waals surface area contributed by atoms with E-state index in [2.05, 4.69) is 4.98 Å². The lowest BCUT2D eigenvalue weighted by atomic mass is 9.95. The number of nitrogens with one attached hydrogen (secondary N) is 1. The summed E-state index contributed by atoms with van der Waals surface area (Å²) in [5.41, 5.74) is 3.03. The highest BCUT2D eigenvalue weighted by atomic mass is 35.5. The highest BCUT2D eigenvalue weighted by molar-refractivity contribution is 6.47. The van der Waals surface area contributed by atoms with Crippen molar-refractivity contribution in [3.63, 3.8) is 0 Å². The summed E-state index contributed by atoms with van der Waals surface area (Å²) in [5, 5.41) is 13.1. The average Bonchev–Trinajstić information content (AvgIpc) is 3.37. The number of aliphatic hydroxyl groups excluding tert-OH is 1. The van der Waals surface area contributed by atoms with Gasteiger partial charge in [-0.05, 0) is 53.9 Å². The minimum absolute atomic E-state index is 0.0133. The van der Waals surface area contributed by atoms with Crippen LogP contribution in [-0.4, -0.2) is 33.2 Å². The number of rotatable bonds is 5. The predicted molar refractivity (Wildman–Crippen MR) is 134 cm³/mol. The first-order valence-corrected chi connectivity index (χ1v) is 11.5. The van der Waals surface area contributed by atoms with Crippen LogP contribution in [0.25, 0.3) is 16.7 Å². The number of hydrogen-bond donors (Lipinski definition) is 2. The number of Topliss-reactive ketones (excluding diaryl/α,β-unsaturated/α-hetero) is 1. The van der Waals surface area contributed by atoms with E-state index in [9.17, 15) is 14.7 Å². The zero-order valence-electron chi connectivity index (χ0n) is 18.0. The van der Waals surface area contributed by atoms with Gasteiger partial charge in [0.25, 0.3) is 11.7 Å². The number of benzene rings is 3. The number of amides is 1. The Balaban J connectivity index is 1.58. The molecule has 4 aromatic rings. The Morgan fingerprint density at radius 3 is 2.41 bits per heavy atom. The summed E-state index contributed by atoms with van der Waals surface area (Å²) in [6.07, 6.45) is 2.44. The lowest BCUT2D eigenvalue weighted by Crippen LogP contribution is -2.31. The Morgan fingerprint density at radius 2 is 1.65 bits per heavy atom. The van der Waals surface area contributed by atoms with Crippen LogP contribution >= 0.6 is 23.2 Å². The van der Waals surface area contributed by atoms with E-state index in [4.69, 9.17) is 23.2 Å². The summed E-state index contributed by atoms with van der Waals surface area (Å²) in [6.45, 7) is 0.277. The van der Waals surface area contributed by atoms with Crippen molar-refractivity contribution in [3.8, 4) is 0 Å². The van der Waals surface area contributed by atoms with Crippen molar-refractivity contribution in [2.75, 3.05) is 6.54 Å². The Labute approximate surface area is 206 Å². The maximum atomic E-state index is 13.2. The van der Waals surface area contributed by atoms with E-state index < -0.39 is 17.7 Å². The molecule has 1 amide bonds. The number of likely N-dealkylation sites (tertiary alicyclic amines) is 1. The lowest BCUT2D eigenvalue weighted by Gasteiger charge is -2.26. The van der Waals surface area contributed by atoms with Crippen molar-refractivity contribution >= 4 is 51.6 Å². The molecule has 5 rings (SSSR count). The molecular formula is C27H20Cl2N2O3. The third-order valence-corrected chi connectivity index (χ3v) is 6.75. The first kappa shape index (κ1) is 22.3. The Hall–Kier alpha value is -3.54. The SMILES string of the molecule is O=C1C(=O)N(CCc2c[nH]c3ccccc23)C(c2ccccc2Cl)C1=C(O)c1ccc(Cl)cc1. The van der Waals surface area contributed by atoms with Crippen LogP contribution in [0.5, 0.6) is 0 Å². The second-order valence-corrected chi connectivity index (χ2v) is 8.97. The molecule has 2 N–H and O–H groups in total. The maximum absolute atomic E-state index is 13.2. The molecule has 1 aliphatic heterocycles. The van der Waals surface area contributed by atoms with Crippen molar-refractivity contribution in [1.29, 1.82) is 0 Å². The number of H-pyrrole nitrogens is 1. The summed E-state index contributed by atoms with van der Waals surface area (Å²) in [7, 11) is 0. The Bertz CT molecular complexity index is 1440. The fraction of sp³-hybridized carbons (Fsp3) is 0.111. The van der Waals surface area contributed by atoms with Crippen LogP contribution in [-0.2, 0) is 16.0 Å². The second-order valence-electron chi connectivity index (χ2n) is 8.13. The highest BCUT2D eigenvalue weighted by Gasteiger charge is 2.46. The molecule has 1 aliphatic rings. The molecule has 1 aromatic heterocycles. The van der Waals surface area contributed by atoms with Gasteiger partial charge in [-0.25, -0.2) is 0 Å². The number of hydrogen-bond acceptors (Lipinski definition) is 3. The van der Waals surface area contributed by atoms with E-state index in [-0.39, 0.29) is 17.9 Å². The molecule has 0 spiro atoms. The average molecular weight is 491 g/mol. The van der Waals surface area contributed by atoms with E-state index in [1.807, 2.05) is 30.5 Å². The third-order valence-electron chi connectivity index (χ3n) is 6.15. The van der Waals surface area contributed by atoms with Gasteiger partial charge in [0.2, 0.25) is 0 Å². The number of carbonyl (C=O) groups is 2. The summed E-state index contributed by atoms with van der Waals surface area (Å²) >= 11 is 12.5. The van der Waals surface area contributed by atoms with Gasteiger partial charge in [0.15, 0.2) is 0 Å². The Morgan fingerprint density at radius 1 is 0.941 bits per heavy atom. The van der Waals surface area contributed by atoms with Crippen molar-refractivity contribution in [1.82, 2.24) is 9.88 Å². The molecule has 1 atom stereocenters. The van der Waals surface area contributed by atoms with E-state index in [0.29, 0.717) is 27.6 Å². The number of nitrogens with zero attached hydrogens (tertiary/aromatic N) is 1. The first-order valence-electron chi connectivity index (χ1n) is 10.8. The normalized spacial score (nSPS) is 17.6. The van der Waals surface area contributed by atoms with Gasteiger partial charge in [0, 0.05) is 39.3 Å². The number of aromatic amines is 1. The molecule has 34 heavy (non-hydrogen) atoms. The van der Waals surface area contributed by atoms with Crippen LogP contribution < -0.4 is 0 Å². The monoisotopic (exact) mass is 490 g/mol. The van der Waals surface area contributed by atoms with Gasteiger partial charge in [0.1, 0.15) is 5.76 Å². The van der Waals surface area contributed by atoms with Crippen molar-refractivity contribution in [2.45, 2.75) is 12.5 Å². The zero-order valence-corrected chi connectivity index (χ0v) is 19.5. The zero-order chi connectivity index (χ0) is 23.8. The van der Waals surface area contributed by atoms with Crippen molar-refractivity contribution in [3.05, 3.63) is 111 Å². The van der Waals surface area contributed by atoms with Crippen molar-refractivity contribution < 1.29 is 14.7 Å². The van der Waals surface area contributed by atoms with E-state index >= 15 is 0 Å². The minimum atomic E-state index is -0.811. The summed E-state index contributed by atoms with van der Waals surface area (Å²) in [6, 6.07) is 20.6. The lowest BCUT2D eigenvalue weighted by molar-refractivity contribution is -0.139. The number of aliphatic hydroxyl groups is 1. The molecule has 0 aliphatic carbocycles. The molecular weight excluding hydrogens is 471 g/mol. The van der Waals surface area contributed by atoms with Gasteiger partial charge in [-0.2, -0.15) is 0 Å². The molecule has 0 bridgehead atoms. The molecule has 3 aromatic carbocycles. The standard InChI is InChI=1S/C27H20Cl2N2O3/c28-18-11-9-16(10-12-18)25(32)23-24(20-6-1-3-7-21(20)29)31(27(34)26(23)33)14-13-17-15-30-22-8-4-2-5-19(17)22/h1-12,15,24,30,32H,13-14H2. The third kappa shape index (κ3) is 3.87. The molecule has 2 heterocycles. The van der Waals surface area contributed by atoms with E-state index in [0.717, 1.165) is 16.5 Å². The number of halogens is 2. The van der Waals surface area contributed by atoms with Crippen LogP contribution in [0.15, 0.2) is 84.6 Å². The van der Waals surface area contributed by atoms with Crippen LogP contribution in [0.1, 0.15) is 22.7 Å². The number of para-hydroxylation sites is 1. The molecule has 0 radical (unpaired) electrons. The molecule has 0 saturated carbocycles. The van der Waals surface area contributed by atoms with Gasteiger partial charge in [-0.15, -0.1) is 0 Å². The second kappa shape index (κ2) is 9.01. The van der Waals surface area contributed by atoms with Crippen LogP contribution in [0.2, 0.25) is 10.0 Å². The Kier molecular flexibility index (Phi) is 5.90. The van der Waals surface area contributed by atoms with Gasteiger partial charge in [0.05, 0.1) is 11.6 Å². The minimum Gasteiger partial charge on any atom is -0.507 e. The smallest absolute Gasteiger partial charge is 0.295 e. The number of ketones is 1. The number of aromatic nitrogens is 1. The van der Waals surface area contributed by atoms with Crippen LogP contribution in [0.4, 0.5) is 0 Å². The summed E-state index contributed by atoms with van der Waals surface area (Å²) in [5.74, 6) is -1.66. The molecule has 1 saturated heterocycles. The summed E-state index contributed by atoms with van der Waals surface area (Å²) < 4.78 is 0. The van der Waals surface area contributed by atoms with Gasteiger partial charge >= 0.3 is 0 Å².